The molecule has 76 valence electrons. The zero-order valence-corrected chi connectivity index (χ0v) is 8.77. The van der Waals surface area contributed by atoms with Gasteiger partial charge in [-0.05, 0) is 23.9 Å². The molecule has 0 fully saturated rings. The van der Waals surface area contributed by atoms with Gasteiger partial charge >= 0.3 is 0 Å². The monoisotopic (exact) mass is 211 g/mol. The molecule has 1 aliphatic rings. The summed E-state index contributed by atoms with van der Waals surface area (Å²) in [6.45, 7) is 3.09. The van der Waals surface area contributed by atoms with E-state index in [2.05, 4.69) is 34.0 Å². The Morgan fingerprint density at radius 3 is 3.14 bits per heavy atom. The lowest BCUT2D eigenvalue weighted by Gasteiger charge is -2.19. The number of aliphatic hydroxyl groups is 1. The van der Waals surface area contributed by atoms with Gasteiger partial charge in [0.05, 0.1) is 17.6 Å². The van der Waals surface area contributed by atoms with Crippen molar-refractivity contribution < 1.29 is 5.11 Å². The summed E-state index contributed by atoms with van der Waals surface area (Å²) in [6, 6.07) is 2.07. The van der Waals surface area contributed by atoms with Crippen molar-refractivity contribution in [1.82, 2.24) is 5.32 Å². The van der Waals surface area contributed by atoms with Gasteiger partial charge in [-0.25, -0.2) is 0 Å². The fraction of sp³-hybridized carbons (Fsp3) is 0.444. The fourth-order valence-corrected chi connectivity index (χ4v) is 2.02. The average molecular weight is 211 g/mol. The van der Waals surface area contributed by atoms with E-state index in [-0.39, 0.29) is 6.10 Å². The molecular formula is C9H13N3OS. The maximum atomic E-state index is 9.20. The Bertz CT molecular complexity index is 348. The van der Waals surface area contributed by atoms with Crippen molar-refractivity contribution >= 4 is 22.3 Å². The van der Waals surface area contributed by atoms with Gasteiger partial charge in [0.25, 0.3) is 0 Å². The van der Waals surface area contributed by atoms with Crippen LogP contribution in [0.1, 0.15) is 5.56 Å². The number of aliphatic hydroxyl groups excluding tert-OH is 1. The van der Waals surface area contributed by atoms with E-state index >= 15 is 0 Å². The first-order valence-electron chi connectivity index (χ1n) is 4.52. The molecule has 1 aromatic rings. The van der Waals surface area contributed by atoms with E-state index in [9.17, 15) is 5.11 Å². The van der Waals surface area contributed by atoms with Crippen molar-refractivity contribution in [2.75, 3.05) is 18.4 Å². The molecule has 2 heterocycles. The van der Waals surface area contributed by atoms with Crippen molar-refractivity contribution in [3.05, 3.63) is 17.0 Å². The van der Waals surface area contributed by atoms with Crippen LogP contribution < -0.4 is 10.6 Å². The third kappa shape index (κ3) is 2.24. The Labute approximate surface area is 86.7 Å². The lowest BCUT2D eigenvalue weighted by atomic mass is 10.3. The summed E-state index contributed by atoms with van der Waals surface area (Å²) in [6.07, 6.45) is -0.356. The van der Waals surface area contributed by atoms with Crippen LogP contribution in [0.25, 0.3) is 0 Å². The Balaban J connectivity index is 1.98. The van der Waals surface area contributed by atoms with Gasteiger partial charge in [-0.3, -0.25) is 4.99 Å². The molecule has 1 atom stereocenters. The number of thiophene rings is 1. The summed E-state index contributed by atoms with van der Waals surface area (Å²) in [7, 11) is 0. The molecule has 1 aliphatic heterocycles. The summed E-state index contributed by atoms with van der Waals surface area (Å²) < 4.78 is 0. The second kappa shape index (κ2) is 3.98. The van der Waals surface area contributed by atoms with Crippen LogP contribution in [0.3, 0.4) is 0 Å². The summed E-state index contributed by atoms with van der Waals surface area (Å²) >= 11 is 1.65. The van der Waals surface area contributed by atoms with Crippen LogP contribution in [0.5, 0.6) is 0 Å². The van der Waals surface area contributed by atoms with Gasteiger partial charge in [0.2, 0.25) is 0 Å². The molecule has 1 unspecified atom stereocenters. The van der Waals surface area contributed by atoms with Crippen molar-refractivity contribution in [2.45, 2.75) is 13.0 Å². The van der Waals surface area contributed by atoms with E-state index in [1.54, 1.807) is 11.3 Å². The minimum atomic E-state index is -0.356. The van der Waals surface area contributed by atoms with Crippen LogP contribution in [0.2, 0.25) is 0 Å². The molecule has 1 aromatic heterocycles. The van der Waals surface area contributed by atoms with Crippen molar-refractivity contribution in [2.24, 2.45) is 4.99 Å². The second-order valence-electron chi connectivity index (χ2n) is 3.34. The normalized spacial score (nSPS) is 21.3. The number of nitrogens with one attached hydrogen (secondary N) is 2. The molecule has 0 aromatic carbocycles. The summed E-state index contributed by atoms with van der Waals surface area (Å²) in [5, 5.41) is 18.6. The average Bonchev–Trinajstić information content (AvgIpc) is 2.56. The van der Waals surface area contributed by atoms with Gasteiger partial charge in [0, 0.05) is 6.54 Å². The highest BCUT2D eigenvalue weighted by atomic mass is 32.1. The molecule has 0 saturated carbocycles. The van der Waals surface area contributed by atoms with Gasteiger partial charge in [-0.2, -0.15) is 0 Å². The van der Waals surface area contributed by atoms with Crippen molar-refractivity contribution in [3.8, 4) is 0 Å². The fourth-order valence-electron chi connectivity index (χ4n) is 1.23. The Kier molecular flexibility index (Phi) is 2.69. The van der Waals surface area contributed by atoms with E-state index < -0.39 is 0 Å². The highest BCUT2D eigenvalue weighted by Crippen LogP contribution is 2.19. The minimum absolute atomic E-state index is 0.356. The van der Waals surface area contributed by atoms with Crippen LogP contribution in [-0.4, -0.2) is 30.3 Å². The van der Waals surface area contributed by atoms with Crippen LogP contribution >= 0.6 is 11.3 Å². The number of guanidine groups is 1. The SMILES string of the molecule is Cc1csc(NC2=NCC(O)CN2)c1. The third-order valence-corrected chi connectivity index (χ3v) is 2.90. The zero-order chi connectivity index (χ0) is 9.97. The van der Waals surface area contributed by atoms with E-state index in [0.717, 1.165) is 11.0 Å². The van der Waals surface area contributed by atoms with Crippen LogP contribution in [0, 0.1) is 6.92 Å². The van der Waals surface area contributed by atoms with Crippen LogP contribution in [-0.2, 0) is 0 Å². The molecule has 5 heteroatoms. The second-order valence-corrected chi connectivity index (χ2v) is 4.25. The van der Waals surface area contributed by atoms with Crippen LogP contribution in [0.4, 0.5) is 5.00 Å². The first-order valence-corrected chi connectivity index (χ1v) is 5.40. The molecule has 14 heavy (non-hydrogen) atoms. The van der Waals surface area contributed by atoms with Crippen LogP contribution in [0.15, 0.2) is 16.4 Å². The number of anilines is 1. The maximum absolute atomic E-state index is 9.20. The molecular weight excluding hydrogens is 198 g/mol. The lowest BCUT2D eigenvalue weighted by molar-refractivity contribution is 0.181. The number of hydrogen-bond acceptors (Lipinski definition) is 5. The van der Waals surface area contributed by atoms with Gasteiger partial charge in [-0.1, -0.05) is 0 Å². The molecule has 0 spiro atoms. The molecule has 0 aliphatic carbocycles. The summed E-state index contributed by atoms with van der Waals surface area (Å²) in [5.41, 5.74) is 1.24. The summed E-state index contributed by atoms with van der Waals surface area (Å²) in [4.78, 5) is 4.17. The van der Waals surface area contributed by atoms with Crippen molar-refractivity contribution in [3.63, 3.8) is 0 Å². The van der Waals surface area contributed by atoms with Gasteiger partial charge < -0.3 is 15.7 Å². The predicted molar refractivity (Wildman–Crippen MR) is 59.0 cm³/mol. The van der Waals surface area contributed by atoms with Gasteiger partial charge in [0.1, 0.15) is 0 Å². The van der Waals surface area contributed by atoms with Crippen molar-refractivity contribution in [1.29, 1.82) is 0 Å². The highest BCUT2D eigenvalue weighted by molar-refractivity contribution is 7.14. The lowest BCUT2D eigenvalue weighted by Crippen LogP contribution is -2.42. The predicted octanol–water partition coefficient (Wildman–Crippen LogP) is 0.789. The molecule has 0 saturated heterocycles. The number of hydrogen-bond donors (Lipinski definition) is 3. The molecule has 2 rings (SSSR count). The highest BCUT2D eigenvalue weighted by Gasteiger charge is 2.11. The number of β-amino-alcohol motifs (C(OH)–C–C–N with tert-alkyl or cyclic N) is 1. The van der Waals surface area contributed by atoms with E-state index in [0.29, 0.717) is 13.1 Å². The van der Waals surface area contributed by atoms with Gasteiger partial charge in [-0.15, -0.1) is 11.3 Å². The molecule has 3 N–H and O–H groups in total. The first kappa shape index (κ1) is 9.48. The van der Waals surface area contributed by atoms with E-state index in [4.69, 9.17) is 0 Å². The Morgan fingerprint density at radius 2 is 2.57 bits per heavy atom. The van der Waals surface area contributed by atoms with Gasteiger partial charge in [0.15, 0.2) is 5.96 Å². The Morgan fingerprint density at radius 1 is 1.71 bits per heavy atom. The molecule has 0 amide bonds. The summed E-state index contributed by atoms with van der Waals surface area (Å²) in [5.74, 6) is 0.747. The van der Waals surface area contributed by atoms with E-state index in [1.165, 1.54) is 5.56 Å². The molecule has 0 bridgehead atoms. The number of nitrogens with zero attached hydrogens (tertiary/aromatic N) is 1. The minimum Gasteiger partial charge on any atom is -0.389 e. The number of aliphatic imine (C=N–C) groups is 1. The Hall–Kier alpha value is -1.07. The van der Waals surface area contributed by atoms with E-state index in [1.807, 2.05) is 0 Å². The largest absolute Gasteiger partial charge is 0.389 e. The quantitative estimate of drug-likeness (QED) is 0.643. The first-order chi connectivity index (χ1) is 6.74. The smallest absolute Gasteiger partial charge is 0.196 e. The number of rotatable bonds is 1. The standard InChI is InChI=1S/C9H13N3OS/c1-6-2-8(14-5-6)12-9-10-3-7(13)4-11-9/h2,5,7,13H,3-4H2,1H3,(H2,10,11,12). The topological polar surface area (TPSA) is 56.7 Å². The molecule has 4 nitrogen and oxygen atoms in total. The third-order valence-electron chi connectivity index (χ3n) is 1.94. The number of aryl methyl sites for hydroxylation is 1. The molecule has 0 radical (unpaired) electrons. The maximum Gasteiger partial charge on any atom is 0.196 e. The zero-order valence-electron chi connectivity index (χ0n) is 7.95.